The highest BCUT2D eigenvalue weighted by Gasteiger charge is 2.12. The van der Waals surface area contributed by atoms with Crippen molar-refractivity contribution in [1.82, 2.24) is 4.98 Å². The van der Waals surface area contributed by atoms with Crippen molar-refractivity contribution in [2.24, 2.45) is 0 Å². The van der Waals surface area contributed by atoms with Gasteiger partial charge in [-0.2, -0.15) is 0 Å². The highest BCUT2D eigenvalue weighted by molar-refractivity contribution is 7.99. The molecule has 0 spiro atoms. The summed E-state index contributed by atoms with van der Waals surface area (Å²) in [4.78, 5) is 14.2. The van der Waals surface area contributed by atoms with Gasteiger partial charge in [0.1, 0.15) is 22.9 Å². The number of pyridine rings is 1. The lowest BCUT2D eigenvalue weighted by Crippen LogP contribution is -1.92. The zero-order chi connectivity index (χ0) is 12.3. The quantitative estimate of drug-likeness (QED) is 0.784. The number of rotatable bonds is 3. The summed E-state index contributed by atoms with van der Waals surface area (Å²) in [7, 11) is 0. The van der Waals surface area contributed by atoms with Gasteiger partial charge in [-0.25, -0.2) is 13.8 Å². The van der Waals surface area contributed by atoms with Gasteiger partial charge in [0, 0.05) is 11.8 Å². The molecule has 2 aromatic rings. The molecule has 0 N–H and O–H groups in total. The molecule has 0 aliphatic rings. The smallest absolute Gasteiger partial charge is 0.150 e. The Kier molecular flexibility index (Phi) is 3.49. The molecule has 5 heteroatoms. The van der Waals surface area contributed by atoms with Crippen molar-refractivity contribution in [2.75, 3.05) is 0 Å². The summed E-state index contributed by atoms with van der Waals surface area (Å²) in [5.74, 6) is -1.52. The van der Waals surface area contributed by atoms with Crippen molar-refractivity contribution in [3.8, 4) is 0 Å². The number of hydrogen-bond acceptors (Lipinski definition) is 3. The second-order valence-corrected chi connectivity index (χ2v) is 4.23. The Morgan fingerprint density at radius 3 is 2.41 bits per heavy atom. The van der Waals surface area contributed by atoms with Crippen molar-refractivity contribution in [2.45, 2.75) is 9.92 Å². The molecular formula is C12H7F2NOS. The number of aldehydes is 1. The molecule has 0 radical (unpaired) electrons. The van der Waals surface area contributed by atoms with Crippen LogP contribution >= 0.6 is 11.8 Å². The fourth-order valence-electron chi connectivity index (χ4n) is 1.26. The first kappa shape index (κ1) is 11.7. The Hall–Kier alpha value is -1.75. The lowest BCUT2D eigenvalue weighted by atomic mass is 10.2. The van der Waals surface area contributed by atoms with Crippen LogP contribution in [0.1, 0.15) is 10.4 Å². The van der Waals surface area contributed by atoms with E-state index in [4.69, 9.17) is 0 Å². The zero-order valence-corrected chi connectivity index (χ0v) is 9.38. The molecule has 1 aromatic carbocycles. The maximum atomic E-state index is 13.5. The fraction of sp³-hybridized carbons (Fsp3) is 0. The molecule has 17 heavy (non-hydrogen) atoms. The predicted octanol–water partition coefficient (Wildman–Crippen LogP) is 3.32. The highest BCUT2D eigenvalue weighted by Crippen LogP contribution is 2.31. The molecule has 0 fully saturated rings. The second-order valence-electron chi connectivity index (χ2n) is 3.20. The normalized spacial score (nSPS) is 10.2. The van der Waals surface area contributed by atoms with E-state index in [1.807, 2.05) is 0 Å². The number of carbonyl (C=O) groups excluding carboxylic acids is 1. The van der Waals surface area contributed by atoms with Crippen molar-refractivity contribution >= 4 is 18.0 Å². The predicted molar refractivity (Wildman–Crippen MR) is 60.1 cm³/mol. The van der Waals surface area contributed by atoms with Gasteiger partial charge in [0.15, 0.2) is 0 Å². The molecule has 0 atom stereocenters. The topological polar surface area (TPSA) is 30.0 Å². The first-order valence-electron chi connectivity index (χ1n) is 4.74. The first-order chi connectivity index (χ1) is 8.20. The third-order valence-corrected chi connectivity index (χ3v) is 3.05. The molecule has 2 nitrogen and oxygen atoms in total. The standard InChI is InChI=1S/C12H7F2NOS/c13-9-5-8(7-16)6-10(14)12(9)17-11-3-1-2-4-15-11/h1-7H. The fourth-order valence-corrected chi connectivity index (χ4v) is 2.04. The molecule has 0 aliphatic heterocycles. The van der Waals surface area contributed by atoms with Gasteiger partial charge in [-0.05, 0) is 24.3 Å². The lowest BCUT2D eigenvalue weighted by molar-refractivity contribution is 0.112. The van der Waals surface area contributed by atoms with Crippen LogP contribution in [0, 0.1) is 11.6 Å². The van der Waals surface area contributed by atoms with E-state index in [1.165, 1.54) is 6.20 Å². The average molecular weight is 251 g/mol. The zero-order valence-electron chi connectivity index (χ0n) is 8.56. The van der Waals surface area contributed by atoms with E-state index in [-0.39, 0.29) is 10.5 Å². The van der Waals surface area contributed by atoms with Crippen LogP contribution in [0.25, 0.3) is 0 Å². The third kappa shape index (κ3) is 2.68. The number of benzene rings is 1. The number of halogens is 2. The van der Waals surface area contributed by atoms with E-state index in [1.54, 1.807) is 18.2 Å². The Balaban J connectivity index is 2.37. The van der Waals surface area contributed by atoms with Gasteiger partial charge < -0.3 is 0 Å². The van der Waals surface area contributed by atoms with E-state index in [9.17, 15) is 13.6 Å². The third-order valence-electron chi connectivity index (χ3n) is 2.00. The summed E-state index contributed by atoms with van der Waals surface area (Å²) in [5, 5.41) is 0.490. The van der Waals surface area contributed by atoms with Gasteiger partial charge in [0.2, 0.25) is 0 Å². The molecule has 1 heterocycles. The minimum atomic E-state index is -0.761. The monoisotopic (exact) mass is 251 g/mol. The Morgan fingerprint density at radius 2 is 1.88 bits per heavy atom. The molecule has 1 aromatic heterocycles. The molecule has 86 valence electrons. The Morgan fingerprint density at radius 1 is 1.18 bits per heavy atom. The van der Waals surface area contributed by atoms with Gasteiger partial charge in [-0.15, -0.1) is 0 Å². The highest BCUT2D eigenvalue weighted by atomic mass is 32.2. The van der Waals surface area contributed by atoms with Gasteiger partial charge in [-0.3, -0.25) is 4.79 Å². The molecule has 0 bridgehead atoms. The van der Waals surface area contributed by atoms with Crippen LogP contribution in [-0.4, -0.2) is 11.3 Å². The number of carbonyl (C=O) groups is 1. The Bertz CT molecular complexity index is 522. The molecule has 0 saturated heterocycles. The van der Waals surface area contributed by atoms with Crippen LogP contribution < -0.4 is 0 Å². The largest absolute Gasteiger partial charge is 0.298 e. The SMILES string of the molecule is O=Cc1cc(F)c(Sc2ccccn2)c(F)c1. The van der Waals surface area contributed by atoms with Crippen molar-refractivity contribution in [3.05, 3.63) is 53.7 Å². The van der Waals surface area contributed by atoms with Crippen LogP contribution in [0.5, 0.6) is 0 Å². The first-order valence-corrected chi connectivity index (χ1v) is 5.55. The maximum absolute atomic E-state index is 13.5. The van der Waals surface area contributed by atoms with Gasteiger partial charge in [-0.1, -0.05) is 17.8 Å². The van der Waals surface area contributed by atoms with E-state index in [0.717, 1.165) is 23.9 Å². The van der Waals surface area contributed by atoms with Crippen molar-refractivity contribution < 1.29 is 13.6 Å². The van der Waals surface area contributed by atoms with E-state index in [2.05, 4.69) is 4.98 Å². The van der Waals surface area contributed by atoms with E-state index >= 15 is 0 Å². The minimum Gasteiger partial charge on any atom is -0.298 e. The summed E-state index contributed by atoms with van der Waals surface area (Å²) in [6.07, 6.45) is 1.94. The number of aromatic nitrogens is 1. The summed E-state index contributed by atoms with van der Waals surface area (Å²) in [5.41, 5.74) is -0.0228. The van der Waals surface area contributed by atoms with Crippen LogP contribution in [0.4, 0.5) is 8.78 Å². The van der Waals surface area contributed by atoms with Gasteiger partial charge >= 0.3 is 0 Å². The molecule has 0 saturated carbocycles. The van der Waals surface area contributed by atoms with Crippen LogP contribution in [0.15, 0.2) is 46.5 Å². The molecule has 2 rings (SSSR count). The van der Waals surface area contributed by atoms with E-state index < -0.39 is 11.6 Å². The number of hydrogen-bond donors (Lipinski definition) is 0. The van der Waals surface area contributed by atoms with Gasteiger partial charge in [0.25, 0.3) is 0 Å². The van der Waals surface area contributed by atoms with Crippen molar-refractivity contribution in [1.29, 1.82) is 0 Å². The Labute approximate surface area is 101 Å². The summed E-state index contributed by atoms with van der Waals surface area (Å²) < 4.78 is 27.1. The minimum absolute atomic E-state index is 0.0228. The molecular weight excluding hydrogens is 244 g/mol. The summed E-state index contributed by atoms with van der Waals surface area (Å²) in [6.45, 7) is 0. The second kappa shape index (κ2) is 5.05. The number of nitrogens with zero attached hydrogens (tertiary/aromatic N) is 1. The summed E-state index contributed by atoms with van der Waals surface area (Å²) >= 11 is 0.883. The summed E-state index contributed by atoms with van der Waals surface area (Å²) in [6, 6.07) is 7.09. The van der Waals surface area contributed by atoms with E-state index in [0.29, 0.717) is 11.3 Å². The van der Waals surface area contributed by atoms with Crippen LogP contribution in [0.2, 0.25) is 0 Å². The average Bonchev–Trinajstić information content (AvgIpc) is 2.35. The molecule has 0 aliphatic carbocycles. The molecule has 0 amide bonds. The van der Waals surface area contributed by atoms with Crippen LogP contribution in [0.3, 0.4) is 0 Å². The maximum Gasteiger partial charge on any atom is 0.150 e. The molecule has 0 unspecified atom stereocenters. The van der Waals surface area contributed by atoms with Crippen molar-refractivity contribution in [3.63, 3.8) is 0 Å². The van der Waals surface area contributed by atoms with Crippen LogP contribution in [-0.2, 0) is 0 Å². The van der Waals surface area contributed by atoms with Gasteiger partial charge in [0.05, 0.1) is 4.90 Å². The lowest BCUT2D eigenvalue weighted by Gasteiger charge is -2.04.